The molecule has 1 aliphatic rings. The first-order chi connectivity index (χ1) is 12.1. The lowest BCUT2D eigenvalue weighted by Gasteiger charge is -2.27. The Labute approximate surface area is 146 Å². The summed E-state index contributed by atoms with van der Waals surface area (Å²) in [6.07, 6.45) is 0.469. The number of nitrogens with zero attached hydrogens (tertiary/aromatic N) is 2. The number of halogens is 1. The molecule has 1 aliphatic heterocycles. The lowest BCUT2D eigenvalue weighted by atomic mass is 10.1. The Bertz CT molecular complexity index is 981. The zero-order valence-corrected chi connectivity index (χ0v) is 14.0. The van der Waals surface area contributed by atoms with Crippen molar-refractivity contribution in [2.45, 2.75) is 13.0 Å². The lowest BCUT2D eigenvalue weighted by Crippen LogP contribution is -2.39. The third-order valence-corrected chi connectivity index (χ3v) is 4.93. The predicted octanol–water partition coefficient (Wildman–Crippen LogP) is 2.84. The Morgan fingerprint density at radius 3 is 2.76 bits per heavy atom. The molecule has 0 saturated carbocycles. The molecule has 2 aromatic heterocycles. The van der Waals surface area contributed by atoms with Crippen molar-refractivity contribution in [3.05, 3.63) is 74.1 Å². The fourth-order valence-electron chi connectivity index (χ4n) is 2.93. The number of amides is 1. The minimum Gasteiger partial charge on any atom is -0.332 e. The maximum atomic E-state index is 13.1. The lowest BCUT2D eigenvalue weighted by molar-refractivity contribution is 0.0732. The molecule has 0 aliphatic carbocycles. The largest absolute Gasteiger partial charge is 0.332 e. The van der Waals surface area contributed by atoms with Gasteiger partial charge in [-0.25, -0.2) is 9.37 Å². The van der Waals surface area contributed by atoms with Gasteiger partial charge in [0, 0.05) is 23.1 Å². The van der Waals surface area contributed by atoms with E-state index in [9.17, 15) is 14.0 Å². The fraction of sp³-hybridized carbons (Fsp3) is 0.167. The maximum Gasteiger partial charge on any atom is 0.255 e. The van der Waals surface area contributed by atoms with Gasteiger partial charge in [-0.3, -0.25) is 9.59 Å². The van der Waals surface area contributed by atoms with Gasteiger partial charge >= 0.3 is 0 Å². The second kappa shape index (κ2) is 6.25. The Hall–Kier alpha value is -2.80. The Kier molecular flexibility index (Phi) is 3.93. The van der Waals surface area contributed by atoms with Gasteiger partial charge in [-0.2, -0.15) is 11.3 Å². The number of H-pyrrole nitrogens is 1. The van der Waals surface area contributed by atoms with Crippen LogP contribution in [0, 0.1) is 5.82 Å². The van der Waals surface area contributed by atoms with Gasteiger partial charge in [-0.05, 0) is 42.1 Å². The number of benzene rings is 1. The van der Waals surface area contributed by atoms with Crippen molar-refractivity contribution in [2.24, 2.45) is 0 Å². The highest BCUT2D eigenvalue weighted by molar-refractivity contribution is 7.08. The number of nitrogens with one attached hydrogen (secondary N) is 1. The molecule has 0 bridgehead atoms. The van der Waals surface area contributed by atoms with Crippen molar-refractivity contribution in [3.8, 4) is 11.4 Å². The van der Waals surface area contributed by atoms with E-state index in [-0.39, 0.29) is 17.3 Å². The highest BCUT2D eigenvalue weighted by atomic mass is 32.1. The number of hydrogen-bond donors (Lipinski definition) is 1. The van der Waals surface area contributed by atoms with E-state index in [1.165, 1.54) is 23.5 Å². The van der Waals surface area contributed by atoms with Crippen LogP contribution in [0.5, 0.6) is 0 Å². The van der Waals surface area contributed by atoms with E-state index in [4.69, 9.17) is 0 Å². The number of hydrogen-bond acceptors (Lipinski definition) is 4. The summed E-state index contributed by atoms with van der Waals surface area (Å²) in [6.45, 7) is 0.782. The van der Waals surface area contributed by atoms with Gasteiger partial charge in [0.1, 0.15) is 11.6 Å². The van der Waals surface area contributed by atoms with E-state index in [1.54, 1.807) is 23.1 Å². The van der Waals surface area contributed by atoms with Crippen molar-refractivity contribution in [1.82, 2.24) is 14.9 Å². The Morgan fingerprint density at radius 1 is 1.24 bits per heavy atom. The van der Waals surface area contributed by atoms with E-state index in [2.05, 4.69) is 9.97 Å². The summed E-state index contributed by atoms with van der Waals surface area (Å²) in [5, 5.41) is 3.67. The molecule has 0 spiro atoms. The third kappa shape index (κ3) is 2.98. The molecule has 0 fully saturated rings. The van der Waals surface area contributed by atoms with Crippen molar-refractivity contribution in [3.63, 3.8) is 0 Å². The van der Waals surface area contributed by atoms with Crippen molar-refractivity contribution in [2.75, 3.05) is 6.54 Å². The summed E-state index contributed by atoms with van der Waals surface area (Å²) in [7, 11) is 0. The van der Waals surface area contributed by atoms with Crippen LogP contribution in [-0.4, -0.2) is 27.3 Å². The number of fused-ring (bicyclic) bond motifs is 1. The number of carbonyl (C=O) groups excluding carboxylic acids is 1. The van der Waals surface area contributed by atoms with E-state index in [0.29, 0.717) is 47.7 Å². The first-order valence-electron chi connectivity index (χ1n) is 7.81. The molecule has 1 amide bonds. The number of aromatic amines is 1. The number of rotatable bonds is 2. The molecule has 3 aromatic rings. The van der Waals surface area contributed by atoms with Crippen molar-refractivity contribution in [1.29, 1.82) is 0 Å². The average molecular weight is 355 g/mol. The summed E-state index contributed by atoms with van der Waals surface area (Å²) in [6, 6.07) is 7.56. The van der Waals surface area contributed by atoms with Gasteiger partial charge in [0.2, 0.25) is 0 Å². The number of carbonyl (C=O) groups is 1. The van der Waals surface area contributed by atoms with Gasteiger partial charge in [-0.15, -0.1) is 0 Å². The zero-order chi connectivity index (χ0) is 17.4. The quantitative estimate of drug-likeness (QED) is 0.769. The molecule has 1 N–H and O–H groups in total. The second-order valence-corrected chi connectivity index (χ2v) is 6.62. The molecule has 3 heterocycles. The summed E-state index contributed by atoms with van der Waals surface area (Å²) < 4.78 is 13.1. The summed E-state index contributed by atoms with van der Waals surface area (Å²) in [4.78, 5) is 33.9. The number of aromatic nitrogens is 2. The van der Waals surface area contributed by atoms with E-state index in [1.807, 2.05) is 10.8 Å². The summed E-state index contributed by atoms with van der Waals surface area (Å²) in [5.41, 5.74) is 2.28. The van der Waals surface area contributed by atoms with Crippen LogP contribution in [-0.2, 0) is 13.0 Å². The molecule has 126 valence electrons. The normalized spacial score (nSPS) is 13.6. The fourth-order valence-corrected chi connectivity index (χ4v) is 3.56. The maximum absolute atomic E-state index is 13.1. The van der Waals surface area contributed by atoms with Crippen molar-refractivity contribution < 1.29 is 9.18 Å². The molecule has 25 heavy (non-hydrogen) atoms. The predicted molar refractivity (Wildman–Crippen MR) is 93.0 cm³/mol. The SMILES string of the molecule is O=C(c1ccsc1)N1CCc2c(nc(-c3ccc(F)cc3)[nH]c2=O)C1. The van der Waals surface area contributed by atoms with Crippen LogP contribution in [0.3, 0.4) is 0 Å². The van der Waals surface area contributed by atoms with Crippen LogP contribution >= 0.6 is 11.3 Å². The minimum atomic E-state index is -0.350. The van der Waals surface area contributed by atoms with Crippen LogP contribution in [0.1, 0.15) is 21.6 Å². The second-order valence-electron chi connectivity index (χ2n) is 5.84. The van der Waals surface area contributed by atoms with Crippen LogP contribution < -0.4 is 5.56 Å². The van der Waals surface area contributed by atoms with Gasteiger partial charge in [0.15, 0.2) is 0 Å². The standard InChI is InChI=1S/C18H14FN3O2S/c19-13-3-1-11(2-4-13)16-20-15-9-22(7-5-14(15)17(23)21-16)18(24)12-6-8-25-10-12/h1-4,6,8,10H,5,7,9H2,(H,20,21,23). The van der Waals surface area contributed by atoms with Crippen LogP contribution in [0.25, 0.3) is 11.4 Å². The van der Waals surface area contributed by atoms with Crippen LogP contribution in [0.15, 0.2) is 45.9 Å². The Morgan fingerprint density at radius 2 is 2.04 bits per heavy atom. The molecule has 0 unspecified atom stereocenters. The van der Waals surface area contributed by atoms with Gasteiger partial charge in [0.25, 0.3) is 11.5 Å². The molecule has 0 saturated heterocycles. The Balaban J connectivity index is 1.68. The van der Waals surface area contributed by atoms with Gasteiger partial charge in [0.05, 0.1) is 17.8 Å². The first-order valence-corrected chi connectivity index (χ1v) is 8.75. The highest BCUT2D eigenvalue weighted by Crippen LogP contribution is 2.21. The molecule has 1 aromatic carbocycles. The topological polar surface area (TPSA) is 66.1 Å². The van der Waals surface area contributed by atoms with Crippen LogP contribution in [0.4, 0.5) is 4.39 Å². The van der Waals surface area contributed by atoms with Crippen LogP contribution in [0.2, 0.25) is 0 Å². The molecule has 0 atom stereocenters. The van der Waals surface area contributed by atoms with E-state index < -0.39 is 0 Å². The van der Waals surface area contributed by atoms with E-state index >= 15 is 0 Å². The van der Waals surface area contributed by atoms with E-state index in [0.717, 1.165) is 0 Å². The molecule has 7 heteroatoms. The molecular weight excluding hydrogens is 341 g/mol. The molecule has 5 nitrogen and oxygen atoms in total. The first kappa shape index (κ1) is 15.7. The number of thiophene rings is 1. The monoisotopic (exact) mass is 355 g/mol. The zero-order valence-electron chi connectivity index (χ0n) is 13.2. The minimum absolute atomic E-state index is 0.0580. The molecule has 4 rings (SSSR count). The summed E-state index contributed by atoms with van der Waals surface area (Å²) >= 11 is 1.47. The van der Waals surface area contributed by atoms with Gasteiger partial charge < -0.3 is 9.88 Å². The average Bonchev–Trinajstić information content (AvgIpc) is 3.16. The van der Waals surface area contributed by atoms with Gasteiger partial charge in [-0.1, -0.05) is 0 Å². The molecule has 0 radical (unpaired) electrons. The third-order valence-electron chi connectivity index (χ3n) is 4.25. The smallest absolute Gasteiger partial charge is 0.255 e. The highest BCUT2D eigenvalue weighted by Gasteiger charge is 2.25. The summed E-state index contributed by atoms with van der Waals surface area (Å²) in [5.74, 6) is -0.0255. The van der Waals surface area contributed by atoms with Crippen molar-refractivity contribution >= 4 is 17.2 Å². The molecular formula is C18H14FN3O2S.